The average molecular weight is 644 g/mol. The van der Waals surface area contributed by atoms with Crippen LogP contribution in [0, 0.1) is 0 Å². The topological polar surface area (TPSA) is 235 Å². The molecule has 2 rings (SSSR count). The molecule has 250 valence electrons. The number of unbranched alkanes of at least 4 members (excludes halogenated alkanes) is 2. The van der Waals surface area contributed by atoms with Gasteiger partial charge >= 0.3 is 0 Å². The fraction of sp³-hybridized carbons (Fsp3) is 0.467. The molecular weight excluding hydrogens is 602 g/mol. The second-order valence-electron chi connectivity index (χ2n) is 10.4. The summed E-state index contributed by atoms with van der Waals surface area (Å²) in [4.78, 5) is 96.8. The quantitative estimate of drug-likeness (QED) is 0.0488. The third-order valence-corrected chi connectivity index (χ3v) is 6.56. The number of rotatable bonds is 21. The highest BCUT2D eigenvalue weighted by atomic mass is 16.5. The normalized spacial score (nSPS) is 13.5. The van der Waals surface area contributed by atoms with E-state index in [1.54, 1.807) is 37.3 Å². The van der Waals surface area contributed by atoms with Gasteiger partial charge in [0.1, 0.15) is 12.8 Å². The van der Waals surface area contributed by atoms with Crippen LogP contribution in [0.25, 0.3) is 0 Å². The molecule has 0 saturated heterocycles. The van der Waals surface area contributed by atoms with Gasteiger partial charge in [-0.1, -0.05) is 36.8 Å². The summed E-state index contributed by atoms with van der Waals surface area (Å²) >= 11 is 0. The molecule has 2 atom stereocenters. The summed E-state index contributed by atoms with van der Waals surface area (Å²) in [5.41, 5.74) is 5.83. The van der Waals surface area contributed by atoms with Crippen LogP contribution in [0.15, 0.2) is 42.5 Å². The van der Waals surface area contributed by atoms with E-state index in [0.29, 0.717) is 19.3 Å². The van der Waals surface area contributed by atoms with Gasteiger partial charge in [-0.05, 0) is 25.3 Å². The molecule has 16 nitrogen and oxygen atoms in total. The number of nitrogens with two attached hydrogens (primary N) is 1. The van der Waals surface area contributed by atoms with Crippen molar-refractivity contribution in [2.75, 3.05) is 32.9 Å². The maximum Gasteiger partial charge on any atom is 0.253 e. The van der Waals surface area contributed by atoms with E-state index in [1.165, 1.54) is 12.2 Å². The lowest BCUT2D eigenvalue weighted by molar-refractivity contribution is -0.137. The van der Waals surface area contributed by atoms with Gasteiger partial charge in [-0.3, -0.25) is 43.3 Å². The zero-order chi connectivity index (χ0) is 33.9. The minimum atomic E-state index is -1.07. The Morgan fingerprint density at radius 2 is 1.39 bits per heavy atom. The summed E-state index contributed by atoms with van der Waals surface area (Å²) in [6.45, 7) is 0.468. The molecule has 1 aliphatic heterocycles. The van der Waals surface area contributed by atoms with Crippen molar-refractivity contribution in [1.29, 1.82) is 0 Å². The molecule has 0 unspecified atom stereocenters. The number of hydrogen-bond acceptors (Lipinski definition) is 9. The van der Waals surface area contributed by atoms with Crippen LogP contribution in [0.2, 0.25) is 0 Å². The van der Waals surface area contributed by atoms with E-state index < -0.39 is 54.8 Å². The summed E-state index contributed by atoms with van der Waals surface area (Å²) < 4.78 is 5.25. The van der Waals surface area contributed by atoms with E-state index in [4.69, 9.17) is 10.5 Å². The van der Waals surface area contributed by atoms with Gasteiger partial charge in [-0.2, -0.15) is 0 Å². The summed E-state index contributed by atoms with van der Waals surface area (Å²) in [6.07, 6.45) is 3.81. The first-order valence-corrected chi connectivity index (χ1v) is 14.8. The number of primary amides is 1. The first kappa shape index (κ1) is 37.1. The Morgan fingerprint density at radius 1 is 0.783 bits per heavy atom. The Labute approximate surface area is 266 Å². The Balaban J connectivity index is 1.70. The molecule has 0 saturated carbocycles. The molecule has 0 radical (unpaired) electrons. The molecule has 0 fully saturated rings. The SMILES string of the molecule is C[C@H](CC(N)=O)OCNC(=O)CNC(=O)[C@H](Cc1ccccc1)NC(=O)CNC(=O)CNC(=O)CCCCCN1C(=O)C=CC1=O. The van der Waals surface area contributed by atoms with Crippen LogP contribution >= 0.6 is 0 Å². The minimum Gasteiger partial charge on any atom is -0.370 e. The maximum atomic E-state index is 12.9. The predicted octanol–water partition coefficient (Wildman–Crippen LogP) is -2.10. The van der Waals surface area contributed by atoms with Crippen molar-refractivity contribution in [2.45, 2.75) is 57.6 Å². The summed E-state index contributed by atoms with van der Waals surface area (Å²) in [5.74, 6) is -4.10. The van der Waals surface area contributed by atoms with Crippen LogP contribution in [-0.4, -0.2) is 97.2 Å². The van der Waals surface area contributed by atoms with Crippen molar-refractivity contribution >= 4 is 47.3 Å². The molecule has 1 heterocycles. The Bertz CT molecular complexity index is 1270. The van der Waals surface area contributed by atoms with Gasteiger partial charge in [0.25, 0.3) is 11.8 Å². The number of ether oxygens (including phenoxy) is 1. The van der Waals surface area contributed by atoms with E-state index in [1.807, 2.05) is 0 Å². The Hall–Kier alpha value is -5.12. The van der Waals surface area contributed by atoms with Crippen molar-refractivity contribution in [2.24, 2.45) is 5.73 Å². The fourth-order valence-electron chi connectivity index (χ4n) is 4.16. The zero-order valence-electron chi connectivity index (χ0n) is 25.7. The lowest BCUT2D eigenvalue weighted by Gasteiger charge is -2.19. The van der Waals surface area contributed by atoms with Gasteiger partial charge < -0.3 is 37.1 Å². The number of hydrogen-bond donors (Lipinski definition) is 6. The van der Waals surface area contributed by atoms with E-state index in [0.717, 1.165) is 10.5 Å². The molecule has 8 amide bonds. The van der Waals surface area contributed by atoms with Crippen molar-refractivity contribution < 1.29 is 43.1 Å². The Kier molecular flexibility index (Phi) is 16.1. The number of amides is 8. The largest absolute Gasteiger partial charge is 0.370 e. The molecule has 46 heavy (non-hydrogen) atoms. The number of carbonyl (C=O) groups is 8. The van der Waals surface area contributed by atoms with Gasteiger partial charge in [-0.15, -0.1) is 0 Å². The van der Waals surface area contributed by atoms with Gasteiger partial charge in [0.2, 0.25) is 35.4 Å². The molecule has 1 aromatic carbocycles. The third kappa shape index (κ3) is 15.1. The monoisotopic (exact) mass is 643 g/mol. The second-order valence-corrected chi connectivity index (χ2v) is 10.4. The van der Waals surface area contributed by atoms with E-state index >= 15 is 0 Å². The van der Waals surface area contributed by atoms with Crippen LogP contribution in [0.5, 0.6) is 0 Å². The van der Waals surface area contributed by atoms with Gasteiger partial charge in [0.15, 0.2) is 0 Å². The maximum absolute atomic E-state index is 12.9. The van der Waals surface area contributed by atoms with E-state index in [-0.39, 0.29) is 56.8 Å². The summed E-state index contributed by atoms with van der Waals surface area (Å²) in [7, 11) is 0. The standard InChI is InChI=1S/C30H41N7O9/c1-20(14-23(31)38)46-19-35-26(41)17-34-30(45)22(15-21-8-4-2-5-9-21)36-27(42)18-33-25(40)16-32-24(39)10-6-3-7-13-37-28(43)11-12-29(37)44/h2,4-5,8-9,11-12,20,22H,3,6-7,10,13-19H2,1H3,(H2,31,38)(H,32,39)(H,33,40)(H,34,45)(H,35,41)(H,36,42)/t20-,22+/m1/s1. The number of nitrogens with one attached hydrogen (secondary N) is 5. The summed E-state index contributed by atoms with van der Waals surface area (Å²) in [6, 6.07) is 7.79. The van der Waals surface area contributed by atoms with Crippen molar-refractivity contribution in [3.8, 4) is 0 Å². The highest BCUT2D eigenvalue weighted by Crippen LogP contribution is 2.08. The van der Waals surface area contributed by atoms with Crippen LogP contribution < -0.4 is 32.3 Å². The number of benzene rings is 1. The molecular formula is C30H41N7O9. The molecule has 1 aliphatic rings. The van der Waals surface area contributed by atoms with Gasteiger partial charge in [0.05, 0.1) is 32.2 Å². The third-order valence-electron chi connectivity index (χ3n) is 6.56. The van der Waals surface area contributed by atoms with Crippen LogP contribution in [0.4, 0.5) is 0 Å². The minimum absolute atomic E-state index is 0.0166. The average Bonchev–Trinajstić information content (AvgIpc) is 3.33. The highest BCUT2D eigenvalue weighted by molar-refractivity contribution is 6.12. The molecule has 0 spiro atoms. The first-order chi connectivity index (χ1) is 21.9. The second kappa shape index (κ2) is 20.0. The lowest BCUT2D eigenvalue weighted by Crippen LogP contribution is -2.52. The summed E-state index contributed by atoms with van der Waals surface area (Å²) in [5, 5.41) is 12.3. The number of carbonyl (C=O) groups excluding carboxylic acids is 8. The van der Waals surface area contributed by atoms with Crippen molar-refractivity contribution in [3.63, 3.8) is 0 Å². The van der Waals surface area contributed by atoms with Crippen LogP contribution in [-0.2, 0) is 49.5 Å². The Morgan fingerprint density at radius 3 is 2.07 bits per heavy atom. The van der Waals surface area contributed by atoms with Crippen LogP contribution in [0.1, 0.15) is 44.6 Å². The molecule has 0 aliphatic carbocycles. The zero-order valence-corrected chi connectivity index (χ0v) is 25.7. The molecule has 0 bridgehead atoms. The number of nitrogens with zero attached hydrogens (tertiary/aromatic N) is 1. The molecule has 0 aromatic heterocycles. The smallest absolute Gasteiger partial charge is 0.253 e. The van der Waals surface area contributed by atoms with Crippen molar-refractivity contribution in [1.82, 2.24) is 31.5 Å². The van der Waals surface area contributed by atoms with E-state index in [9.17, 15) is 38.4 Å². The number of imide groups is 1. The predicted molar refractivity (Wildman–Crippen MR) is 163 cm³/mol. The van der Waals surface area contributed by atoms with Crippen LogP contribution in [0.3, 0.4) is 0 Å². The van der Waals surface area contributed by atoms with Crippen molar-refractivity contribution in [3.05, 3.63) is 48.0 Å². The lowest BCUT2D eigenvalue weighted by atomic mass is 10.1. The molecule has 7 N–H and O–H groups in total. The van der Waals surface area contributed by atoms with E-state index in [2.05, 4.69) is 26.6 Å². The highest BCUT2D eigenvalue weighted by Gasteiger charge is 2.23. The fourth-order valence-corrected chi connectivity index (χ4v) is 4.16. The van der Waals surface area contributed by atoms with Gasteiger partial charge in [0, 0.05) is 31.5 Å². The van der Waals surface area contributed by atoms with Gasteiger partial charge in [-0.25, -0.2) is 0 Å². The molecule has 16 heteroatoms. The first-order valence-electron chi connectivity index (χ1n) is 14.8. The molecule has 1 aromatic rings.